The summed E-state index contributed by atoms with van der Waals surface area (Å²) in [5.74, 6) is 1.13. The number of aliphatic hydroxyl groups excluding tert-OH is 1. The number of aryl methyl sites for hydroxylation is 1. The number of hydrogen-bond donors (Lipinski definition) is 2. The lowest BCUT2D eigenvalue weighted by Gasteiger charge is -2.61. The summed E-state index contributed by atoms with van der Waals surface area (Å²) in [5, 5.41) is 28.0. The van der Waals surface area contributed by atoms with Gasteiger partial charge in [-0.1, -0.05) is 33.3 Å². The van der Waals surface area contributed by atoms with Crippen LogP contribution in [0.4, 0.5) is 0 Å². The summed E-state index contributed by atoms with van der Waals surface area (Å²) in [7, 11) is 0. The van der Waals surface area contributed by atoms with Crippen molar-refractivity contribution in [1.29, 1.82) is 0 Å². The number of Topliss-reactive ketones (excluding diaryl/α,β-unsaturated/α-hetero) is 1. The Hall–Kier alpha value is -1.46. The predicted octanol–water partition coefficient (Wildman–Crippen LogP) is 4.01. The predicted molar refractivity (Wildman–Crippen MR) is 120 cm³/mol. The SMILES string of the molecule is CCC(=O)[C@@]1(O)CC[C@H]2[C@@H]3C[C@H](C)C4=Cc5nn(CC)cc5C[C@]4(C)[C@H]3[C@@H](O)C[C@@]21C. The maximum absolute atomic E-state index is 12.8. The van der Waals surface area contributed by atoms with Crippen molar-refractivity contribution in [2.24, 2.45) is 34.5 Å². The quantitative estimate of drug-likeness (QED) is 0.766. The van der Waals surface area contributed by atoms with Crippen molar-refractivity contribution in [3.63, 3.8) is 0 Å². The highest BCUT2D eigenvalue weighted by molar-refractivity contribution is 5.88. The van der Waals surface area contributed by atoms with E-state index in [9.17, 15) is 15.0 Å². The lowest BCUT2D eigenvalue weighted by molar-refractivity contribution is -0.181. The van der Waals surface area contributed by atoms with Gasteiger partial charge in [0, 0.05) is 24.6 Å². The van der Waals surface area contributed by atoms with Crippen LogP contribution in [-0.4, -0.2) is 37.5 Å². The first-order chi connectivity index (χ1) is 14.6. The van der Waals surface area contributed by atoms with Gasteiger partial charge in [-0.3, -0.25) is 9.48 Å². The Morgan fingerprint density at radius 2 is 2.06 bits per heavy atom. The van der Waals surface area contributed by atoms with Crippen LogP contribution in [0.5, 0.6) is 0 Å². The van der Waals surface area contributed by atoms with Gasteiger partial charge in [-0.05, 0) is 79.8 Å². The molecule has 0 radical (unpaired) electrons. The molecule has 1 aromatic heterocycles. The molecular formula is C26H38N2O3. The molecule has 4 aliphatic rings. The molecule has 0 unspecified atom stereocenters. The fourth-order valence-electron chi connectivity index (χ4n) is 8.60. The van der Waals surface area contributed by atoms with E-state index in [4.69, 9.17) is 5.10 Å². The van der Waals surface area contributed by atoms with E-state index in [0.29, 0.717) is 31.1 Å². The van der Waals surface area contributed by atoms with Gasteiger partial charge in [0.15, 0.2) is 5.78 Å². The molecule has 4 aliphatic carbocycles. The van der Waals surface area contributed by atoms with Crippen molar-refractivity contribution in [3.05, 3.63) is 23.0 Å². The summed E-state index contributed by atoms with van der Waals surface area (Å²) in [6.45, 7) is 11.6. The minimum atomic E-state index is -1.29. The molecule has 0 saturated heterocycles. The van der Waals surface area contributed by atoms with Crippen molar-refractivity contribution in [2.45, 2.75) is 91.4 Å². The number of carbonyl (C=O) groups excluding carboxylic acids is 1. The number of ketones is 1. The highest BCUT2D eigenvalue weighted by Crippen LogP contribution is 2.68. The van der Waals surface area contributed by atoms with Crippen LogP contribution in [-0.2, 0) is 17.8 Å². The van der Waals surface area contributed by atoms with Gasteiger partial charge >= 0.3 is 0 Å². The second-order valence-electron chi connectivity index (χ2n) is 11.4. The first-order valence-corrected chi connectivity index (χ1v) is 12.3. The molecule has 3 saturated carbocycles. The summed E-state index contributed by atoms with van der Waals surface area (Å²) >= 11 is 0. The van der Waals surface area contributed by atoms with E-state index in [1.807, 2.05) is 11.6 Å². The zero-order valence-corrected chi connectivity index (χ0v) is 19.7. The Balaban J connectivity index is 1.57. The molecule has 170 valence electrons. The van der Waals surface area contributed by atoms with Crippen LogP contribution in [0.15, 0.2) is 11.8 Å². The van der Waals surface area contributed by atoms with Gasteiger partial charge in [-0.2, -0.15) is 5.10 Å². The highest BCUT2D eigenvalue weighted by atomic mass is 16.3. The van der Waals surface area contributed by atoms with Gasteiger partial charge in [0.2, 0.25) is 0 Å². The first-order valence-electron chi connectivity index (χ1n) is 12.3. The minimum Gasteiger partial charge on any atom is -0.393 e. The Morgan fingerprint density at radius 3 is 2.74 bits per heavy atom. The molecule has 31 heavy (non-hydrogen) atoms. The lowest BCUT2D eigenvalue weighted by Crippen LogP contribution is -2.62. The molecule has 5 heteroatoms. The smallest absolute Gasteiger partial charge is 0.164 e. The summed E-state index contributed by atoms with van der Waals surface area (Å²) in [6, 6.07) is 0. The average Bonchev–Trinajstić information content (AvgIpc) is 3.23. The number of rotatable bonds is 3. The van der Waals surface area contributed by atoms with Crippen LogP contribution in [0.3, 0.4) is 0 Å². The molecule has 5 rings (SSSR count). The van der Waals surface area contributed by atoms with Crippen molar-refractivity contribution in [2.75, 3.05) is 0 Å². The third kappa shape index (κ3) is 2.62. The molecule has 0 aromatic carbocycles. The van der Waals surface area contributed by atoms with E-state index in [2.05, 4.69) is 40.0 Å². The fraction of sp³-hybridized carbons (Fsp3) is 0.769. The first kappa shape index (κ1) is 21.4. The van der Waals surface area contributed by atoms with E-state index in [-0.39, 0.29) is 23.0 Å². The van der Waals surface area contributed by atoms with Gasteiger partial charge in [-0.25, -0.2) is 0 Å². The summed E-state index contributed by atoms with van der Waals surface area (Å²) in [4.78, 5) is 12.8. The Labute approximate surface area is 185 Å². The van der Waals surface area contributed by atoms with Gasteiger partial charge in [0.25, 0.3) is 0 Å². The van der Waals surface area contributed by atoms with Gasteiger partial charge in [0.1, 0.15) is 5.60 Å². The molecule has 3 fully saturated rings. The van der Waals surface area contributed by atoms with Crippen LogP contribution >= 0.6 is 0 Å². The van der Waals surface area contributed by atoms with Crippen LogP contribution in [0, 0.1) is 34.5 Å². The van der Waals surface area contributed by atoms with Crippen LogP contribution < -0.4 is 0 Å². The van der Waals surface area contributed by atoms with Crippen LogP contribution in [0.25, 0.3) is 6.08 Å². The van der Waals surface area contributed by atoms with E-state index in [1.54, 1.807) is 0 Å². The number of nitrogens with zero attached hydrogens (tertiary/aromatic N) is 2. The van der Waals surface area contributed by atoms with Crippen molar-refractivity contribution < 1.29 is 15.0 Å². The molecule has 1 aromatic rings. The van der Waals surface area contributed by atoms with E-state index in [0.717, 1.165) is 31.5 Å². The maximum atomic E-state index is 12.8. The third-order valence-electron chi connectivity index (χ3n) is 9.98. The van der Waals surface area contributed by atoms with E-state index < -0.39 is 17.1 Å². The van der Waals surface area contributed by atoms with Crippen molar-refractivity contribution in [1.82, 2.24) is 9.78 Å². The van der Waals surface area contributed by atoms with Gasteiger partial charge in [-0.15, -0.1) is 0 Å². The van der Waals surface area contributed by atoms with Crippen molar-refractivity contribution >= 4 is 11.9 Å². The van der Waals surface area contributed by atoms with Gasteiger partial charge in [0.05, 0.1) is 11.8 Å². The molecule has 1 heterocycles. The normalized spacial score (nSPS) is 45.9. The third-order valence-corrected chi connectivity index (χ3v) is 9.98. The number of aromatic nitrogens is 2. The average molecular weight is 427 g/mol. The number of allylic oxidation sites excluding steroid dienone is 1. The fourth-order valence-corrected chi connectivity index (χ4v) is 8.60. The molecule has 0 aliphatic heterocycles. The molecule has 0 bridgehead atoms. The van der Waals surface area contributed by atoms with Gasteiger partial charge < -0.3 is 10.2 Å². The van der Waals surface area contributed by atoms with Crippen molar-refractivity contribution in [3.8, 4) is 0 Å². The summed E-state index contributed by atoms with van der Waals surface area (Å²) in [5.41, 5.74) is 1.88. The molecular weight excluding hydrogens is 388 g/mol. The molecule has 8 atom stereocenters. The van der Waals surface area contributed by atoms with E-state index >= 15 is 0 Å². The summed E-state index contributed by atoms with van der Waals surface area (Å²) in [6.07, 6.45) is 8.19. The zero-order valence-electron chi connectivity index (χ0n) is 19.7. The standard InChI is InChI=1S/C26H38N2O3/c1-6-22(30)26(31)9-8-18-17-10-15(3)19-11-20-16(14-28(7-2)27-20)12-24(19,4)23(17)21(29)13-25(18,26)5/h11,14-15,17-18,21,23,29,31H,6-10,12-13H2,1-5H3/t15-,17-,18-,21-,23+,24-,25-,26-/m0/s1. The maximum Gasteiger partial charge on any atom is 0.164 e. The number of carbonyl (C=O) groups is 1. The lowest BCUT2D eigenvalue weighted by atomic mass is 9.44. The highest BCUT2D eigenvalue weighted by Gasteiger charge is 2.68. The van der Waals surface area contributed by atoms with Crippen LogP contribution in [0.2, 0.25) is 0 Å². The molecule has 0 amide bonds. The topological polar surface area (TPSA) is 75.3 Å². The Bertz CT molecular complexity index is 950. The Morgan fingerprint density at radius 1 is 1.32 bits per heavy atom. The number of hydrogen-bond acceptors (Lipinski definition) is 4. The second-order valence-corrected chi connectivity index (χ2v) is 11.4. The van der Waals surface area contributed by atoms with E-state index in [1.165, 1.54) is 11.1 Å². The second kappa shape index (κ2) is 6.77. The minimum absolute atomic E-state index is 0.0481. The Kier molecular flexibility index (Phi) is 4.67. The number of fused-ring (bicyclic) bond motifs is 6. The molecule has 5 nitrogen and oxygen atoms in total. The monoisotopic (exact) mass is 426 g/mol. The molecule has 2 N–H and O–H groups in total. The summed E-state index contributed by atoms with van der Waals surface area (Å²) < 4.78 is 2.02. The number of aliphatic hydroxyl groups is 2. The zero-order chi connectivity index (χ0) is 22.3. The largest absolute Gasteiger partial charge is 0.393 e. The molecule has 0 spiro atoms. The van der Waals surface area contributed by atoms with Crippen LogP contribution in [0.1, 0.15) is 78.0 Å².